The number of nitrogens with zero attached hydrogens (tertiary/aromatic N) is 2. The van der Waals surface area contributed by atoms with Gasteiger partial charge in [0.15, 0.2) is 0 Å². The zero-order valence-corrected chi connectivity index (χ0v) is 15.4. The summed E-state index contributed by atoms with van der Waals surface area (Å²) in [6.07, 6.45) is 3.45. The van der Waals surface area contributed by atoms with Gasteiger partial charge in [0.25, 0.3) is 0 Å². The number of hydrogen-bond donors (Lipinski definition) is 1. The molecule has 0 atom stereocenters. The van der Waals surface area contributed by atoms with Crippen LogP contribution >= 0.6 is 0 Å². The van der Waals surface area contributed by atoms with Crippen molar-refractivity contribution in [2.45, 2.75) is 39.3 Å². The van der Waals surface area contributed by atoms with Crippen LogP contribution in [0.3, 0.4) is 0 Å². The van der Waals surface area contributed by atoms with Crippen LogP contribution in [0.2, 0.25) is 0 Å². The van der Waals surface area contributed by atoms with E-state index in [-0.39, 0.29) is 17.9 Å². The van der Waals surface area contributed by atoms with Crippen molar-refractivity contribution >= 4 is 11.7 Å². The molecule has 0 saturated carbocycles. The van der Waals surface area contributed by atoms with Gasteiger partial charge in [0, 0.05) is 24.8 Å². The van der Waals surface area contributed by atoms with Gasteiger partial charge in [0.1, 0.15) is 11.6 Å². The van der Waals surface area contributed by atoms with Gasteiger partial charge in [-0.3, -0.25) is 0 Å². The summed E-state index contributed by atoms with van der Waals surface area (Å²) in [5.74, 6) is 0.421. The zero-order chi connectivity index (χ0) is 18.5. The van der Waals surface area contributed by atoms with Crippen LogP contribution in [0.5, 0.6) is 0 Å². The van der Waals surface area contributed by atoms with E-state index in [2.05, 4.69) is 17.1 Å². The average molecular weight is 359 g/mol. The molecule has 1 aliphatic rings. The third kappa shape index (κ3) is 4.43. The summed E-state index contributed by atoms with van der Waals surface area (Å²) < 4.78 is 19.2. The maximum absolute atomic E-state index is 13.8. The van der Waals surface area contributed by atoms with Crippen molar-refractivity contribution < 1.29 is 13.6 Å². The number of carbonyl (C=O) groups is 1. The fraction of sp³-hybridized carbons (Fsp3) is 0.450. The molecule has 1 N–H and O–H groups in total. The Hall–Kier alpha value is -2.34. The second-order valence-electron chi connectivity index (χ2n) is 6.77. The first-order chi connectivity index (χ1) is 12.6. The standard InChI is InChI=1S/C20H26FN3O2/c1-3-23-10-8-17(9-11-23)24(14-18-5-4-12-26-18)20(25)22-16-7-6-15(2)19(21)13-16/h4-7,12-13,17H,3,8-11,14H2,1-2H3,(H,22,25). The van der Waals surface area contributed by atoms with Crippen LogP contribution < -0.4 is 5.32 Å². The summed E-state index contributed by atoms with van der Waals surface area (Å²) in [6.45, 7) is 7.24. The normalized spacial score (nSPS) is 15.8. The minimum Gasteiger partial charge on any atom is -0.467 e. The van der Waals surface area contributed by atoms with E-state index in [0.29, 0.717) is 17.8 Å². The molecular formula is C20H26FN3O2. The summed E-state index contributed by atoms with van der Waals surface area (Å²) in [7, 11) is 0. The highest BCUT2D eigenvalue weighted by atomic mass is 19.1. The monoisotopic (exact) mass is 359 g/mol. The molecular weight excluding hydrogens is 333 g/mol. The lowest BCUT2D eigenvalue weighted by Crippen LogP contribution is -2.48. The number of likely N-dealkylation sites (tertiary alicyclic amines) is 1. The molecule has 2 heterocycles. The second-order valence-corrected chi connectivity index (χ2v) is 6.77. The Morgan fingerprint density at radius 1 is 1.35 bits per heavy atom. The van der Waals surface area contributed by atoms with Gasteiger partial charge in [0.05, 0.1) is 12.8 Å². The molecule has 6 heteroatoms. The Morgan fingerprint density at radius 2 is 2.12 bits per heavy atom. The Morgan fingerprint density at radius 3 is 2.73 bits per heavy atom. The lowest BCUT2D eigenvalue weighted by Gasteiger charge is -2.37. The van der Waals surface area contributed by atoms with Crippen LogP contribution in [-0.2, 0) is 6.54 Å². The van der Waals surface area contributed by atoms with Crippen molar-refractivity contribution in [3.05, 3.63) is 53.7 Å². The highest BCUT2D eigenvalue weighted by molar-refractivity contribution is 5.89. The summed E-state index contributed by atoms with van der Waals surface area (Å²) in [4.78, 5) is 17.1. The average Bonchev–Trinajstić information content (AvgIpc) is 3.16. The topological polar surface area (TPSA) is 48.7 Å². The first-order valence-corrected chi connectivity index (χ1v) is 9.15. The maximum Gasteiger partial charge on any atom is 0.322 e. The molecule has 1 aromatic carbocycles. The number of urea groups is 1. The van der Waals surface area contributed by atoms with Gasteiger partial charge in [-0.15, -0.1) is 0 Å². The van der Waals surface area contributed by atoms with Crippen molar-refractivity contribution in [3.63, 3.8) is 0 Å². The Bertz CT molecular complexity index is 725. The van der Waals surface area contributed by atoms with E-state index in [1.54, 1.807) is 25.3 Å². The number of halogens is 1. The van der Waals surface area contributed by atoms with Crippen molar-refractivity contribution in [2.75, 3.05) is 25.0 Å². The molecule has 1 aliphatic heterocycles. The summed E-state index contributed by atoms with van der Waals surface area (Å²) >= 11 is 0. The Labute approximate surface area is 153 Å². The molecule has 26 heavy (non-hydrogen) atoms. The van der Waals surface area contributed by atoms with E-state index < -0.39 is 0 Å². The summed E-state index contributed by atoms with van der Waals surface area (Å²) in [5.41, 5.74) is 1.02. The molecule has 5 nitrogen and oxygen atoms in total. The third-order valence-corrected chi connectivity index (χ3v) is 5.04. The number of nitrogens with one attached hydrogen (secondary N) is 1. The second kappa shape index (κ2) is 8.36. The van der Waals surface area contributed by atoms with Crippen LogP contribution in [0.4, 0.5) is 14.9 Å². The molecule has 1 fully saturated rings. The number of piperidine rings is 1. The van der Waals surface area contributed by atoms with E-state index in [1.165, 1.54) is 6.07 Å². The number of amides is 2. The summed E-state index contributed by atoms with van der Waals surface area (Å²) in [5, 5.41) is 2.84. The van der Waals surface area contributed by atoms with E-state index in [4.69, 9.17) is 4.42 Å². The van der Waals surface area contributed by atoms with Gasteiger partial charge in [-0.2, -0.15) is 0 Å². The van der Waals surface area contributed by atoms with E-state index in [9.17, 15) is 9.18 Å². The fourth-order valence-electron chi connectivity index (χ4n) is 3.35. The number of rotatable bonds is 5. The molecule has 0 aliphatic carbocycles. The van der Waals surface area contributed by atoms with Gasteiger partial charge in [-0.05, 0) is 56.1 Å². The Kier molecular flexibility index (Phi) is 5.93. The van der Waals surface area contributed by atoms with Crippen LogP contribution in [-0.4, -0.2) is 41.5 Å². The van der Waals surface area contributed by atoms with Gasteiger partial charge in [-0.1, -0.05) is 13.0 Å². The van der Waals surface area contributed by atoms with Crippen LogP contribution in [0.1, 0.15) is 31.1 Å². The van der Waals surface area contributed by atoms with Gasteiger partial charge in [0.2, 0.25) is 0 Å². The molecule has 0 unspecified atom stereocenters. The zero-order valence-electron chi connectivity index (χ0n) is 15.4. The SMILES string of the molecule is CCN1CCC(N(Cc2ccco2)C(=O)Nc2ccc(C)c(F)c2)CC1. The minimum atomic E-state index is -0.323. The van der Waals surface area contributed by atoms with Gasteiger partial charge >= 0.3 is 6.03 Å². The molecule has 0 spiro atoms. The molecule has 0 bridgehead atoms. The molecule has 2 aromatic rings. The number of aryl methyl sites for hydroxylation is 1. The van der Waals surface area contributed by atoms with Crippen LogP contribution in [0, 0.1) is 12.7 Å². The van der Waals surface area contributed by atoms with E-state index in [1.807, 2.05) is 17.0 Å². The molecule has 3 rings (SSSR count). The Balaban J connectivity index is 1.73. The van der Waals surface area contributed by atoms with Crippen molar-refractivity contribution in [3.8, 4) is 0 Å². The fourth-order valence-corrected chi connectivity index (χ4v) is 3.35. The molecule has 0 radical (unpaired) electrons. The lowest BCUT2D eigenvalue weighted by molar-refractivity contribution is 0.121. The van der Waals surface area contributed by atoms with Crippen molar-refractivity contribution in [1.29, 1.82) is 0 Å². The first kappa shape index (κ1) is 18.5. The highest BCUT2D eigenvalue weighted by Gasteiger charge is 2.28. The van der Waals surface area contributed by atoms with Crippen LogP contribution in [0.25, 0.3) is 0 Å². The van der Waals surface area contributed by atoms with Gasteiger partial charge < -0.3 is 19.5 Å². The minimum absolute atomic E-state index is 0.137. The molecule has 140 valence electrons. The predicted octanol–water partition coefficient (Wildman–Crippen LogP) is 4.25. The number of carbonyl (C=O) groups excluding carboxylic acids is 1. The van der Waals surface area contributed by atoms with Crippen LogP contribution in [0.15, 0.2) is 41.0 Å². The van der Waals surface area contributed by atoms with Crippen molar-refractivity contribution in [1.82, 2.24) is 9.80 Å². The quantitative estimate of drug-likeness (QED) is 0.868. The largest absolute Gasteiger partial charge is 0.467 e. The highest BCUT2D eigenvalue weighted by Crippen LogP contribution is 2.21. The lowest BCUT2D eigenvalue weighted by atomic mass is 10.0. The molecule has 1 saturated heterocycles. The molecule has 2 amide bonds. The van der Waals surface area contributed by atoms with E-state index >= 15 is 0 Å². The summed E-state index contributed by atoms with van der Waals surface area (Å²) in [6, 6.07) is 8.35. The number of furan rings is 1. The number of hydrogen-bond acceptors (Lipinski definition) is 3. The maximum atomic E-state index is 13.8. The van der Waals surface area contributed by atoms with Crippen molar-refractivity contribution in [2.24, 2.45) is 0 Å². The smallest absolute Gasteiger partial charge is 0.322 e. The first-order valence-electron chi connectivity index (χ1n) is 9.15. The number of anilines is 1. The van der Waals surface area contributed by atoms with E-state index in [0.717, 1.165) is 38.2 Å². The molecule has 1 aromatic heterocycles. The third-order valence-electron chi connectivity index (χ3n) is 5.04. The predicted molar refractivity (Wildman–Crippen MR) is 99.5 cm³/mol. The number of benzene rings is 1. The van der Waals surface area contributed by atoms with Gasteiger partial charge in [-0.25, -0.2) is 9.18 Å².